The minimum atomic E-state index is -1.56. The van der Waals surface area contributed by atoms with E-state index in [0.717, 1.165) is 0 Å². The summed E-state index contributed by atoms with van der Waals surface area (Å²) >= 11 is 6.25. The molecule has 5 atom stereocenters. The molecule has 9 nitrogen and oxygen atoms in total. The molecular weight excluding hydrogens is 362 g/mol. The molecule has 0 amide bonds. The monoisotopic (exact) mass is 374 g/mol. The van der Waals surface area contributed by atoms with Crippen LogP contribution >= 0.6 is 11.6 Å². The van der Waals surface area contributed by atoms with E-state index in [0.29, 0.717) is 5.56 Å². The van der Waals surface area contributed by atoms with Gasteiger partial charge in [-0.15, -0.1) is 0 Å². The molecular formula is C16H13ClN5O4+. The normalized spacial score (nSPS) is 39.8. The van der Waals surface area contributed by atoms with Crippen molar-refractivity contribution < 1.29 is 19.4 Å². The van der Waals surface area contributed by atoms with Crippen molar-refractivity contribution in [3.8, 4) is 12.1 Å². The Kier molecular flexibility index (Phi) is 3.17. The molecule has 2 aliphatic heterocycles. The fraction of sp³-hybridized carbons (Fsp3) is 0.438. The van der Waals surface area contributed by atoms with Gasteiger partial charge < -0.3 is 9.47 Å². The van der Waals surface area contributed by atoms with Gasteiger partial charge in [0.25, 0.3) is 11.5 Å². The molecule has 0 aromatic heterocycles. The molecule has 4 rings (SSSR count). The number of nitriles is 2. The van der Waals surface area contributed by atoms with E-state index in [1.54, 1.807) is 6.92 Å². The fourth-order valence-electron chi connectivity index (χ4n) is 4.29. The topological polar surface area (TPSA) is 149 Å². The Morgan fingerprint density at radius 1 is 1.46 bits per heavy atom. The summed E-state index contributed by atoms with van der Waals surface area (Å²) in [6.45, 7) is 2.01. The molecule has 1 aromatic carbocycles. The molecule has 0 radical (unpaired) electrons. The minimum Gasteiger partial charge on any atom is -0.311 e. The van der Waals surface area contributed by atoms with E-state index in [9.17, 15) is 20.6 Å². The third-order valence-corrected chi connectivity index (χ3v) is 5.72. The van der Waals surface area contributed by atoms with Gasteiger partial charge in [0.2, 0.25) is 0 Å². The van der Waals surface area contributed by atoms with Crippen molar-refractivity contribution in [2.75, 3.05) is 6.61 Å². The number of amidine groups is 1. The number of non-ortho nitro benzene ring substituents is 1. The van der Waals surface area contributed by atoms with Crippen LogP contribution in [0.15, 0.2) is 18.2 Å². The van der Waals surface area contributed by atoms with Crippen LogP contribution in [-0.2, 0) is 9.47 Å². The van der Waals surface area contributed by atoms with Gasteiger partial charge in [0.05, 0.1) is 34.8 Å². The summed E-state index contributed by atoms with van der Waals surface area (Å²) in [6, 6.07) is 8.22. The lowest BCUT2D eigenvalue weighted by Gasteiger charge is -2.24. The second kappa shape index (κ2) is 4.92. The Bertz CT molecular complexity index is 968. The SMILES string of the molecule is C[C@H]1CO[C@@]2([NH+]=C(N)[C@@]3(C#N)[C@@H](c4ccc([N+](=O)[O-])cc4Cl)[C@@]23C#N)O1. The summed E-state index contributed by atoms with van der Waals surface area (Å²) in [5.74, 6) is -2.24. The Morgan fingerprint density at radius 2 is 2.19 bits per heavy atom. The first-order valence-electron chi connectivity index (χ1n) is 7.79. The van der Waals surface area contributed by atoms with Crippen LogP contribution in [0.1, 0.15) is 18.4 Å². The van der Waals surface area contributed by atoms with Crippen LogP contribution in [0.4, 0.5) is 5.69 Å². The summed E-state index contributed by atoms with van der Waals surface area (Å²) in [5, 5.41) is 31.0. The number of benzene rings is 1. The van der Waals surface area contributed by atoms with Crippen LogP contribution < -0.4 is 10.7 Å². The zero-order valence-corrected chi connectivity index (χ0v) is 14.3. The maximum Gasteiger partial charge on any atom is 0.343 e. The van der Waals surface area contributed by atoms with Gasteiger partial charge in [-0.05, 0) is 12.5 Å². The first kappa shape index (κ1) is 16.7. The van der Waals surface area contributed by atoms with Gasteiger partial charge in [-0.3, -0.25) is 15.8 Å². The molecule has 1 spiro atoms. The Balaban J connectivity index is 1.90. The van der Waals surface area contributed by atoms with Gasteiger partial charge in [0.15, 0.2) is 10.8 Å². The summed E-state index contributed by atoms with van der Waals surface area (Å²) in [7, 11) is 0. The standard InChI is InChI=1S/C16H12ClN5O4/c1-8-5-25-16(26-8)15(7-19)12(14(15,6-18)13(20)21-16)10-3-2-9(22(23)24)4-11(10)17/h2-4,8,12H,5H2,1H3,(H2,20,21)/p+1/t8-,12+,14+,15+,16+/m0/s1. The highest BCUT2D eigenvalue weighted by Crippen LogP contribution is 2.79. The molecule has 3 aliphatic rings. The van der Waals surface area contributed by atoms with Crippen molar-refractivity contribution in [1.82, 2.24) is 0 Å². The summed E-state index contributed by atoms with van der Waals surface area (Å²) in [6.07, 6.45) is -0.302. The zero-order valence-electron chi connectivity index (χ0n) is 13.5. The summed E-state index contributed by atoms with van der Waals surface area (Å²) in [5.41, 5.74) is 3.46. The number of nitrogens with two attached hydrogens (primary N) is 1. The first-order chi connectivity index (χ1) is 12.3. The van der Waals surface area contributed by atoms with Gasteiger partial charge in [-0.1, -0.05) is 17.7 Å². The minimum absolute atomic E-state index is 0.0649. The zero-order chi connectivity index (χ0) is 18.9. The lowest BCUT2D eigenvalue weighted by Crippen LogP contribution is -2.90. The van der Waals surface area contributed by atoms with Gasteiger partial charge in [-0.2, -0.15) is 10.5 Å². The Morgan fingerprint density at radius 3 is 2.69 bits per heavy atom. The molecule has 132 valence electrons. The van der Waals surface area contributed by atoms with Crippen LogP contribution in [0, 0.1) is 43.6 Å². The number of fused-ring (bicyclic) bond motifs is 2. The predicted octanol–water partition coefficient (Wildman–Crippen LogP) is -0.0941. The molecule has 0 unspecified atom stereocenters. The number of rotatable bonds is 2. The van der Waals surface area contributed by atoms with Crippen molar-refractivity contribution in [2.24, 2.45) is 16.6 Å². The lowest BCUT2D eigenvalue weighted by atomic mass is 9.94. The summed E-state index contributed by atoms with van der Waals surface area (Å²) < 4.78 is 11.6. The van der Waals surface area contributed by atoms with Crippen LogP contribution in [0.5, 0.6) is 0 Å². The van der Waals surface area contributed by atoms with Gasteiger partial charge in [0.1, 0.15) is 0 Å². The molecule has 1 aromatic rings. The molecule has 26 heavy (non-hydrogen) atoms. The van der Waals surface area contributed by atoms with Crippen molar-refractivity contribution in [2.45, 2.75) is 24.9 Å². The van der Waals surface area contributed by atoms with Crippen molar-refractivity contribution in [3.63, 3.8) is 0 Å². The third kappa shape index (κ3) is 1.59. The number of nitro groups is 1. The van der Waals surface area contributed by atoms with Crippen molar-refractivity contribution in [3.05, 3.63) is 38.9 Å². The second-order valence-corrected chi connectivity index (χ2v) is 7.04. The number of hydrogen-bond donors (Lipinski definition) is 2. The molecule has 10 heteroatoms. The largest absolute Gasteiger partial charge is 0.343 e. The predicted molar refractivity (Wildman–Crippen MR) is 86.3 cm³/mol. The quantitative estimate of drug-likeness (QED) is 0.542. The highest BCUT2D eigenvalue weighted by atomic mass is 35.5. The van der Waals surface area contributed by atoms with E-state index in [-0.39, 0.29) is 29.3 Å². The molecule has 2 heterocycles. The number of nitrogens with one attached hydrogen (secondary N) is 1. The van der Waals surface area contributed by atoms with Crippen LogP contribution in [0.25, 0.3) is 0 Å². The Labute approximate surface area is 152 Å². The number of halogens is 1. The van der Waals surface area contributed by atoms with Crippen LogP contribution in [0.3, 0.4) is 0 Å². The highest BCUT2D eigenvalue weighted by Gasteiger charge is 2.98. The van der Waals surface area contributed by atoms with Gasteiger partial charge in [-0.25, -0.2) is 4.99 Å². The summed E-state index contributed by atoms with van der Waals surface area (Å²) in [4.78, 5) is 13.2. The average molecular weight is 375 g/mol. The maximum atomic E-state index is 10.9. The maximum absolute atomic E-state index is 10.9. The smallest absolute Gasteiger partial charge is 0.311 e. The van der Waals surface area contributed by atoms with E-state index < -0.39 is 27.6 Å². The number of ether oxygens (including phenoxy) is 2. The van der Waals surface area contributed by atoms with Crippen molar-refractivity contribution >= 4 is 23.1 Å². The highest BCUT2D eigenvalue weighted by molar-refractivity contribution is 6.31. The lowest BCUT2D eigenvalue weighted by molar-refractivity contribution is -0.677. The van der Waals surface area contributed by atoms with Crippen LogP contribution in [-0.4, -0.2) is 29.4 Å². The molecule has 1 saturated heterocycles. The van der Waals surface area contributed by atoms with E-state index >= 15 is 0 Å². The van der Waals surface area contributed by atoms with Gasteiger partial charge in [0, 0.05) is 18.1 Å². The fourth-order valence-corrected chi connectivity index (χ4v) is 4.58. The molecule has 1 saturated carbocycles. The Hall–Kier alpha value is -2.72. The van der Waals surface area contributed by atoms with E-state index in [4.69, 9.17) is 26.8 Å². The van der Waals surface area contributed by atoms with E-state index in [2.05, 4.69) is 17.1 Å². The number of nitrogens with zero attached hydrogens (tertiary/aromatic N) is 3. The second-order valence-electron chi connectivity index (χ2n) is 6.63. The third-order valence-electron chi connectivity index (χ3n) is 5.39. The number of hydrogen-bond acceptors (Lipinski definition) is 7. The van der Waals surface area contributed by atoms with E-state index in [1.165, 1.54) is 18.2 Å². The first-order valence-corrected chi connectivity index (χ1v) is 8.16. The van der Waals surface area contributed by atoms with Crippen LogP contribution in [0.2, 0.25) is 5.02 Å². The molecule has 3 N–H and O–H groups in total. The molecule has 1 aliphatic carbocycles. The van der Waals surface area contributed by atoms with E-state index in [1.807, 2.05) is 0 Å². The molecule has 0 bridgehead atoms. The molecule has 2 fully saturated rings. The van der Waals surface area contributed by atoms with Crippen molar-refractivity contribution in [1.29, 1.82) is 10.5 Å². The average Bonchev–Trinajstić information content (AvgIpc) is 2.97. The van der Waals surface area contributed by atoms with Gasteiger partial charge >= 0.3 is 5.91 Å². The number of nitro benzene ring substituents is 1.